The van der Waals surface area contributed by atoms with Crippen LogP contribution in [0, 0.1) is 13.8 Å². The number of benzene rings is 2. The summed E-state index contributed by atoms with van der Waals surface area (Å²) >= 11 is 0. The summed E-state index contributed by atoms with van der Waals surface area (Å²) in [6.07, 6.45) is 3.05. The molecule has 4 heterocycles. The molecule has 1 aromatic heterocycles. The Morgan fingerprint density at radius 2 is 1.81 bits per heavy atom. The number of nitrogens with zero attached hydrogens (tertiary/aromatic N) is 4. The first-order valence-electron chi connectivity index (χ1n) is 12.8. The largest absolute Gasteiger partial charge is 0.476 e. The van der Waals surface area contributed by atoms with Crippen LogP contribution in [0.4, 0.5) is 34.5 Å². The lowest BCUT2D eigenvalue weighted by Crippen LogP contribution is -2.45. The molecule has 0 spiro atoms. The number of anilines is 6. The molecule has 6 rings (SSSR count). The summed E-state index contributed by atoms with van der Waals surface area (Å²) in [5.41, 5.74) is 4.94. The van der Waals surface area contributed by atoms with Crippen LogP contribution < -0.4 is 25.6 Å². The van der Waals surface area contributed by atoms with Crippen molar-refractivity contribution in [3.63, 3.8) is 0 Å². The second-order valence-electron chi connectivity index (χ2n) is 10.9. The van der Waals surface area contributed by atoms with E-state index < -0.39 is 5.60 Å². The van der Waals surface area contributed by atoms with Gasteiger partial charge in [-0.3, -0.25) is 9.69 Å². The number of fused-ring (bicyclic) bond motifs is 3. The van der Waals surface area contributed by atoms with Gasteiger partial charge in [-0.1, -0.05) is 0 Å². The molecule has 0 saturated carbocycles. The van der Waals surface area contributed by atoms with E-state index in [4.69, 9.17) is 9.72 Å². The van der Waals surface area contributed by atoms with Gasteiger partial charge in [0.05, 0.1) is 5.69 Å². The molecule has 9 nitrogen and oxygen atoms in total. The summed E-state index contributed by atoms with van der Waals surface area (Å²) in [5, 5.41) is 9.63. The molecule has 3 aliphatic rings. The molecule has 2 bridgehead atoms. The van der Waals surface area contributed by atoms with Gasteiger partial charge >= 0.3 is 0 Å². The van der Waals surface area contributed by atoms with Crippen molar-refractivity contribution in [1.29, 1.82) is 0 Å². The Balaban J connectivity index is 1.18. The monoisotopic (exact) mass is 499 g/mol. The normalized spacial score (nSPS) is 21.9. The highest BCUT2D eigenvalue weighted by Gasteiger charge is 2.41. The van der Waals surface area contributed by atoms with Gasteiger partial charge in [-0.2, -0.15) is 4.98 Å². The molecule has 0 radical (unpaired) electrons. The average molecular weight is 500 g/mol. The number of aromatic nitrogens is 2. The van der Waals surface area contributed by atoms with Gasteiger partial charge < -0.3 is 25.6 Å². The predicted molar refractivity (Wildman–Crippen MR) is 146 cm³/mol. The lowest BCUT2D eigenvalue weighted by Gasteiger charge is -2.34. The number of ether oxygens (including phenoxy) is 1. The fraction of sp³-hybridized carbons (Fsp3) is 0.393. The van der Waals surface area contributed by atoms with Gasteiger partial charge in [-0.15, -0.1) is 0 Å². The molecule has 3 N–H and O–H groups in total. The fourth-order valence-electron chi connectivity index (χ4n) is 5.50. The van der Waals surface area contributed by atoms with Crippen LogP contribution in [-0.2, 0) is 4.79 Å². The van der Waals surface area contributed by atoms with Crippen molar-refractivity contribution in [2.24, 2.45) is 0 Å². The van der Waals surface area contributed by atoms with Crippen molar-refractivity contribution in [3.05, 3.63) is 53.7 Å². The standard InChI is InChI=1S/C28H33N7O2/c1-16-10-18(6-8-23(16)35-15-20-12-21(35)14-34(20)5)31-27-29-13-17(2)25(33-27)30-19-7-9-24-22(11-19)32-26(36)28(3,4)37-24/h6-11,13,20-21H,12,14-15H2,1-5H3,(H,32,36)(H2,29,30,31,33). The van der Waals surface area contributed by atoms with Crippen molar-refractivity contribution < 1.29 is 9.53 Å². The highest BCUT2D eigenvalue weighted by Crippen LogP contribution is 2.37. The molecular formula is C28H33N7O2. The zero-order chi connectivity index (χ0) is 25.9. The lowest BCUT2D eigenvalue weighted by molar-refractivity contribution is -0.129. The third-order valence-electron chi connectivity index (χ3n) is 7.65. The van der Waals surface area contributed by atoms with Crippen LogP contribution in [-0.4, -0.2) is 58.6 Å². The van der Waals surface area contributed by atoms with Gasteiger partial charge in [0.2, 0.25) is 5.95 Å². The molecule has 2 saturated heterocycles. The number of rotatable bonds is 5. The Bertz CT molecular complexity index is 1390. The van der Waals surface area contributed by atoms with E-state index in [2.05, 4.69) is 62.9 Å². The summed E-state index contributed by atoms with van der Waals surface area (Å²) in [5.74, 6) is 1.67. The number of likely N-dealkylation sites (tertiary alicyclic amines) is 1. The maximum atomic E-state index is 12.3. The Morgan fingerprint density at radius 3 is 2.54 bits per heavy atom. The topological polar surface area (TPSA) is 94.7 Å². The highest BCUT2D eigenvalue weighted by atomic mass is 16.5. The SMILES string of the molecule is Cc1cc(Nc2ncc(C)c(Nc3ccc4c(c3)NC(=O)C(C)(C)O4)n2)ccc1N1CC2CC1CN2C. The Kier molecular flexibility index (Phi) is 5.49. The first kappa shape index (κ1) is 23.5. The average Bonchev–Trinajstić information content (AvgIpc) is 3.42. The smallest absolute Gasteiger partial charge is 0.268 e. The fourth-order valence-corrected chi connectivity index (χ4v) is 5.50. The Labute approximate surface area is 217 Å². The van der Waals surface area contributed by atoms with Crippen molar-refractivity contribution in [2.45, 2.75) is 51.8 Å². The van der Waals surface area contributed by atoms with E-state index in [0.29, 0.717) is 35.3 Å². The third-order valence-corrected chi connectivity index (χ3v) is 7.65. The minimum Gasteiger partial charge on any atom is -0.476 e. The van der Waals surface area contributed by atoms with Gasteiger partial charge in [0.15, 0.2) is 5.60 Å². The minimum atomic E-state index is -0.896. The van der Waals surface area contributed by atoms with E-state index in [1.165, 1.54) is 17.7 Å². The second-order valence-corrected chi connectivity index (χ2v) is 10.9. The molecule has 9 heteroatoms. The summed E-state index contributed by atoms with van der Waals surface area (Å²) in [7, 11) is 2.23. The number of likely N-dealkylation sites (N-methyl/N-ethyl adjacent to an activating group) is 1. The van der Waals surface area contributed by atoms with E-state index in [9.17, 15) is 4.79 Å². The molecule has 2 fully saturated rings. The number of carbonyl (C=O) groups is 1. The van der Waals surface area contributed by atoms with E-state index in [1.54, 1.807) is 20.0 Å². The number of amides is 1. The molecule has 1 amide bonds. The van der Waals surface area contributed by atoms with E-state index in [1.807, 2.05) is 25.1 Å². The zero-order valence-electron chi connectivity index (χ0n) is 21.9. The van der Waals surface area contributed by atoms with Crippen LogP contribution in [0.5, 0.6) is 5.75 Å². The first-order chi connectivity index (χ1) is 17.7. The summed E-state index contributed by atoms with van der Waals surface area (Å²) in [4.78, 5) is 26.5. The van der Waals surface area contributed by atoms with Crippen LogP contribution in [0.15, 0.2) is 42.6 Å². The summed E-state index contributed by atoms with van der Waals surface area (Å²) < 4.78 is 5.83. The first-order valence-corrected chi connectivity index (χ1v) is 12.8. The number of aryl methyl sites for hydroxylation is 2. The Hall–Kier alpha value is -3.85. The number of hydrogen-bond acceptors (Lipinski definition) is 8. The zero-order valence-corrected chi connectivity index (χ0v) is 21.9. The second kappa shape index (κ2) is 8.62. The van der Waals surface area contributed by atoms with Crippen LogP contribution >= 0.6 is 0 Å². The molecule has 2 aromatic carbocycles. The molecule has 3 aliphatic heterocycles. The number of piperazine rings is 1. The lowest BCUT2D eigenvalue weighted by atomic mass is 10.1. The molecular weight excluding hydrogens is 466 g/mol. The van der Waals surface area contributed by atoms with Crippen LogP contribution in [0.1, 0.15) is 31.4 Å². The van der Waals surface area contributed by atoms with Crippen molar-refractivity contribution in [1.82, 2.24) is 14.9 Å². The maximum Gasteiger partial charge on any atom is 0.268 e. The van der Waals surface area contributed by atoms with Crippen molar-refractivity contribution in [2.75, 3.05) is 41.0 Å². The number of hydrogen-bond donors (Lipinski definition) is 3. The molecule has 0 aliphatic carbocycles. The van der Waals surface area contributed by atoms with E-state index in [0.717, 1.165) is 30.0 Å². The van der Waals surface area contributed by atoms with Crippen LogP contribution in [0.2, 0.25) is 0 Å². The quantitative estimate of drug-likeness (QED) is 0.470. The van der Waals surface area contributed by atoms with E-state index in [-0.39, 0.29) is 5.91 Å². The van der Waals surface area contributed by atoms with Gasteiger partial charge in [0.1, 0.15) is 11.6 Å². The van der Waals surface area contributed by atoms with Crippen LogP contribution in [0.25, 0.3) is 0 Å². The third kappa shape index (κ3) is 4.33. The minimum absolute atomic E-state index is 0.173. The van der Waals surface area contributed by atoms with E-state index >= 15 is 0 Å². The van der Waals surface area contributed by atoms with Gasteiger partial charge in [-0.05, 0) is 83.1 Å². The van der Waals surface area contributed by atoms with Gasteiger partial charge in [0.25, 0.3) is 5.91 Å². The Morgan fingerprint density at radius 1 is 1.03 bits per heavy atom. The summed E-state index contributed by atoms with van der Waals surface area (Å²) in [6, 6.07) is 13.3. The predicted octanol–water partition coefficient (Wildman–Crippen LogP) is 4.58. The molecule has 3 aromatic rings. The summed E-state index contributed by atoms with van der Waals surface area (Å²) in [6.45, 7) is 9.86. The highest BCUT2D eigenvalue weighted by molar-refractivity contribution is 6.00. The van der Waals surface area contributed by atoms with Crippen molar-refractivity contribution in [3.8, 4) is 5.75 Å². The number of carbonyl (C=O) groups excluding carboxylic acids is 1. The van der Waals surface area contributed by atoms with Crippen molar-refractivity contribution >= 4 is 40.4 Å². The molecule has 37 heavy (non-hydrogen) atoms. The molecule has 2 unspecified atom stereocenters. The van der Waals surface area contributed by atoms with Gasteiger partial charge in [-0.25, -0.2) is 4.98 Å². The van der Waals surface area contributed by atoms with Crippen LogP contribution in [0.3, 0.4) is 0 Å². The molecule has 2 atom stereocenters. The molecule has 192 valence electrons. The number of nitrogens with one attached hydrogen (secondary N) is 3. The van der Waals surface area contributed by atoms with Gasteiger partial charge in [0, 0.05) is 54.0 Å². The maximum absolute atomic E-state index is 12.3.